The van der Waals surface area contributed by atoms with Gasteiger partial charge in [-0.05, 0) is 37.1 Å². The van der Waals surface area contributed by atoms with Crippen LogP contribution in [0.2, 0.25) is 0 Å². The average molecular weight is 505 g/mol. The molecule has 0 saturated heterocycles. The van der Waals surface area contributed by atoms with Gasteiger partial charge in [0.05, 0.1) is 43.6 Å². The first-order valence-corrected chi connectivity index (χ1v) is 11.9. The molecule has 0 radical (unpaired) electrons. The summed E-state index contributed by atoms with van der Waals surface area (Å²) in [5.41, 5.74) is 6.26. The molecule has 0 saturated carbocycles. The first kappa shape index (κ1) is 30.2. The highest BCUT2D eigenvalue weighted by atomic mass is 16.6. The Hall–Kier alpha value is -3.82. The van der Waals surface area contributed by atoms with Crippen LogP contribution in [0.25, 0.3) is 0 Å². The molecule has 2 rings (SSSR count). The van der Waals surface area contributed by atoms with E-state index in [0.29, 0.717) is 48.5 Å². The van der Waals surface area contributed by atoms with Crippen molar-refractivity contribution >= 4 is 23.9 Å². The number of hydrogen-bond donors (Lipinski definition) is 1. The fourth-order valence-corrected chi connectivity index (χ4v) is 3.21. The summed E-state index contributed by atoms with van der Waals surface area (Å²) in [4.78, 5) is 32.1. The van der Waals surface area contributed by atoms with E-state index in [0.717, 1.165) is 38.5 Å². The molecule has 0 aliphatic rings. The summed E-state index contributed by atoms with van der Waals surface area (Å²) in [6, 6.07) is 6.16. The van der Waals surface area contributed by atoms with Gasteiger partial charge in [-0.25, -0.2) is 0 Å². The van der Waals surface area contributed by atoms with Crippen LogP contribution in [0.15, 0.2) is 24.3 Å². The van der Waals surface area contributed by atoms with E-state index in [9.17, 15) is 19.7 Å². The maximum absolute atomic E-state index is 11.1. The predicted molar refractivity (Wildman–Crippen MR) is 138 cm³/mol. The Morgan fingerprint density at radius 1 is 0.806 bits per heavy atom. The second kappa shape index (κ2) is 16.7. The second-order valence-corrected chi connectivity index (χ2v) is 7.74. The van der Waals surface area contributed by atoms with Gasteiger partial charge in [0.2, 0.25) is 5.75 Å². The van der Waals surface area contributed by atoms with Gasteiger partial charge in [0, 0.05) is 5.56 Å². The van der Waals surface area contributed by atoms with Crippen LogP contribution in [0.5, 0.6) is 23.0 Å². The number of carbonyl (C=O) groups excluding carboxylic acids is 2. The third-order valence-electron chi connectivity index (χ3n) is 5.19. The van der Waals surface area contributed by atoms with Crippen molar-refractivity contribution in [1.29, 1.82) is 0 Å². The number of nitrogen functional groups attached to an aromatic ring is 1. The number of nitro benzene ring substituents is 1. The van der Waals surface area contributed by atoms with Crippen molar-refractivity contribution in [2.45, 2.75) is 52.4 Å². The lowest BCUT2D eigenvalue weighted by molar-refractivity contribution is -0.386. The van der Waals surface area contributed by atoms with E-state index in [-0.39, 0.29) is 22.7 Å². The van der Waals surface area contributed by atoms with E-state index in [1.165, 1.54) is 19.2 Å². The van der Waals surface area contributed by atoms with E-state index < -0.39 is 4.92 Å². The maximum atomic E-state index is 11.1. The largest absolute Gasteiger partial charge is 0.493 e. The summed E-state index contributed by atoms with van der Waals surface area (Å²) in [5.74, 6) is 1.31. The summed E-state index contributed by atoms with van der Waals surface area (Å²) < 4.78 is 21.2. The van der Waals surface area contributed by atoms with E-state index in [2.05, 4.69) is 13.8 Å². The highest BCUT2D eigenvalue weighted by molar-refractivity contribution is 5.87. The van der Waals surface area contributed by atoms with Gasteiger partial charge >= 0.3 is 5.69 Å². The molecule has 0 aromatic heterocycles. The standard InChI is InChI=1S/C13H17NO5.C13H19NO3/c1-3-4-5-8-19-13-11(18-2)7-6-10(9-15)12(13)14(16)17;1-3-4-5-8-17-13-11(16-2)7-6-10(9-15)12(13)14/h6-7,9H,3-5,8H2,1-2H3;6-7,9H,3-5,8,14H2,1-2H3. The fraction of sp³-hybridized carbons (Fsp3) is 0.462. The van der Waals surface area contributed by atoms with Crippen molar-refractivity contribution in [3.8, 4) is 23.0 Å². The molecule has 0 atom stereocenters. The van der Waals surface area contributed by atoms with Gasteiger partial charge < -0.3 is 24.7 Å². The smallest absolute Gasteiger partial charge is 0.325 e. The molecule has 0 aliphatic carbocycles. The molecule has 36 heavy (non-hydrogen) atoms. The van der Waals surface area contributed by atoms with Gasteiger partial charge in [-0.15, -0.1) is 0 Å². The minimum Gasteiger partial charge on any atom is -0.493 e. The molecule has 0 fully saturated rings. The average Bonchev–Trinajstić information content (AvgIpc) is 2.89. The SMILES string of the molecule is CCCCCOc1c(OC)ccc(C=O)c1N.CCCCCOc1c(OC)ccc(C=O)c1[N+](=O)[O-]. The first-order valence-electron chi connectivity index (χ1n) is 11.9. The monoisotopic (exact) mass is 504 g/mol. The molecule has 10 nitrogen and oxygen atoms in total. The number of nitrogens with two attached hydrogens (primary N) is 1. The number of methoxy groups -OCH3 is 2. The second-order valence-electron chi connectivity index (χ2n) is 7.74. The summed E-state index contributed by atoms with van der Waals surface area (Å²) >= 11 is 0. The molecule has 0 amide bonds. The summed E-state index contributed by atoms with van der Waals surface area (Å²) in [5, 5.41) is 11.1. The number of aldehydes is 2. The zero-order valence-electron chi connectivity index (χ0n) is 21.4. The quantitative estimate of drug-likeness (QED) is 0.107. The first-order chi connectivity index (χ1) is 17.4. The molecule has 2 aromatic carbocycles. The van der Waals surface area contributed by atoms with E-state index in [1.807, 2.05) is 0 Å². The van der Waals surface area contributed by atoms with Gasteiger partial charge in [-0.1, -0.05) is 39.5 Å². The number of benzene rings is 2. The van der Waals surface area contributed by atoms with Gasteiger partial charge in [0.25, 0.3) is 0 Å². The van der Waals surface area contributed by atoms with Crippen LogP contribution in [0.1, 0.15) is 73.1 Å². The molecule has 198 valence electrons. The zero-order valence-corrected chi connectivity index (χ0v) is 21.4. The van der Waals surface area contributed by atoms with Crippen molar-refractivity contribution in [2.24, 2.45) is 0 Å². The number of carbonyl (C=O) groups is 2. The molecule has 10 heteroatoms. The molecule has 0 aliphatic heterocycles. The minimum absolute atomic E-state index is 0.0173. The number of ether oxygens (including phenoxy) is 4. The van der Waals surface area contributed by atoms with E-state index in [4.69, 9.17) is 24.7 Å². The van der Waals surface area contributed by atoms with Crippen LogP contribution in [0, 0.1) is 10.1 Å². The van der Waals surface area contributed by atoms with Crippen LogP contribution >= 0.6 is 0 Å². The summed E-state index contributed by atoms with van der Waals surface area (Å²) in [6.07, 6.45) is 7.15. The Bertz CT molecular complexity index is 994. The molecule has 0 bridgehead atoms. The maximum Gasteiger partial charge on any atom is 0.325 e. The number of hydrogen-bond acceptors (Lipinski definition) is 9. The molecular weight excluding hydrogens is 468 g/mol. The van der Waals surface area contributed by atoms with E-state index >= 15 is 0 Å². The Labute approximate surface area is 211 Å². The Morgan fingerprint density at radius 3 is 1.72 bits per heavy atom. The third kappa shape index (κ3) is 8.75. The molecule has 0 heterocycles. The Kier molecular flexibility index (Phi) is 14.1. The number of nitro groups is 1. The van der Waals surface area contributed by atoms with Crippen LogP contribution in [-0.4, -0.2) is 44.9 Å². The Balaban J connectivity index is 0.000000362. The van der Waals surface area contributed by atoms with Crippen molar-refractivity contribution in [2.75, 3.05) is 33.2 Å². The Morgan fingerprint density at radius 2 is 1.28 bits per heavy atom. The lowest BCUT2D eigenvalue weighted by Crippen LogP contribution is -2.05. The number of anilines is 1. The molecular formula is C26H36N2O8. The molecule has 0 unspecified atom stereocenters. The lowest BCUT2D eigenvalue weighted by Gasteiger charge is -2.13. The van der Waals surface area contributed by atoms with Gasteiger partial charge in [0.1, 0.15) is 0 Å². The fourth-order valence-electron chi connectivity index (χ4n) is 3.21. The zero-order chi connectivity index (χ0) is 26.9. The summed E-state index contributed by atoms with van der Waals surface area (Å²) in [6.45, 7) is 5.11. The van der Waals surface area contributed by atoms with Crippen LogP contribution in [-0.2, 0) is 0 Å². The number of unbranched alkanes of at least 4 members (excludes halogenated alkanes) is 4. The highest BCUT2D eigenvalue weighted by Gasteiger charge is 2.25. The third-order valence-corrected chi connectivity index (χ3v) is 5.19. The molecule has 2 N–H and O–H groups in total. The predicted octanol–water partition coefficient (Wildman–Crippen LogP) is 5.64. The van der Waals surface area contributed by atoms with Crippen molar-refractivity contribution in [3.05, 3.63) is 45.5 Å². The molecule has 2 aromatic rings. The van der Waals surface area contributed by atoms with E-state index in [1.54, 1.807) is 19.2 Å². The minimum atomic E-state index is -0.624. The highest BCUT2D eigenvalue weighted by Crippen LogP contribution is 2.39. The number of rotatable bonds is 15. The number of nitrogens with zero attached hydrogens (tertiary/aromatic N) is 1. The van der Waals surface area contributed by atoms with Gasteiger partial charge in [-0.3, -0.25) is 19.7 Å². The van der Waals surface area contributed by atoms with Crippen LogP contribution in [0.3, 0.4) is 0 Å². The van der Waals surface area contributed by atoms with Gasteiger partial charge in [0.15, 0.2) is 29.8 Å². The van der Waals surface area contributed by atoms with Crippen molar-refractivity contribution < 1.29 is 33.5 Å². The van der Waals surface area contributed by atoms with Gasteiger partial charge in [-0.2, -0.15) is 0 Å². The van der Waals surface area contributed by atoms with Crippen LogP contribution < -0.4 is 24.7 Å². The normalized spacial score (nSPS) is 10.0. The van der Waals surface area contributed by atoms with Crippen molar-refractivity contribution in [3.63, 3.8) is 0 Å². The lowest BCUT2D eigenvalue weighted by atomic mass is 10.1. The topological polar surface area (TPSA) is 140 Å². The summed E-state index contributed by atoms with van der Waals surface area (Å²) in [7, 11) is 2.95. The van der Waals surface area contributed by atoms with Crippen molar-refractivity contribution in [1.82, 2.24) is 0 Å². The van der Waals surface area contributed by atoms with Crippen LogP contribution in [0.4, 0.5) is 11.4 Å². The molecule has 0 spiro atoms.